The van der Waals surface area contributed by atoms with Crippen molar-refractivity contribution in [2.75, 3.05) is 26.8 Å². The van der Waals surface area contributed by atoms with Crippen molar-refractivity contribution in [2.24, 2.45) is 11.7 Å². The molecule has 116 valence electrons. The van der Waals surface area contributed by atoms with Gasteiger partial charge in [0.05, 0.1) is 6.04 Å². The third-order valence-corrected chi connectivity index (χ3v) is 4.04. The maximum Gasteiger partial charge on any atom is 0.239 e. The summed E-state index contributed by atoms with van der Waals surface area (Å²) in [6, 6.07) is 6.31. The molecule has 0 radical (unpaired) electrons. The van der Waals surface area contributed by atoms with Crippen LogP contribution >= 0.6 is 0 Å². The van der Waals surface area contributed by atoms with Gasteiger partial charge in [0, 0.05) is 26.8 Å². The SMILES string of the molecule is COCC1CCN(C(=O)[C@H](N)Cc2ccc(O)cc2)CC1. The first-order valence-corrected chi connectivity index (χ1v) is 7.41. The highest BCUT2D eigenvalue weighted by atomic mass is 16.5. The Labute approximate surface area is 125 Å². The molecule has 1 atom stereocenters. The van der Waals surface area contributed by atoms with E-state index in [1.54, 1.807) is 31.4 Å². The van der Waals surface area contributed by atoms with Crippen LogP contribution in [0.15, 0.2) is 24.3 Å². The number of nitrogens with zero attached hydrogens (tertiary/aromatic N) is 1. The molecule has 0 spiro atoms. The van der Waals surface area contributed by atoms with Gasteiger partial charge in [-0.25, -0.2) is 0 Å². The summed E-state index contributed by atoms with van der Waals surface area (Å²) in [5.74, 6) is 0.783. The second-order valence-corrected chi connectivity index (χ2v) is 5.70. The molecule has 1 aliphatic rings. The van der Waals surface area contributed by atoms with E-state index in [2.05, 4.69) is 0 Å². The average molecular weight is 292 g/mol. The lowest BCUT2D eigenvalue weighted by Crippen LogP contribution is -2.48. The van der Waals surface area contributed by atoms with Gasteiger partial charge in [0.1, 0.15) is 5.75 Å². The standard InChI is InChI=1S/C16H24N2O3/c1-21-11-13-6-8-18(9-7-13)16(20)15(17)10-12-2-4-14(19)5-3-12/h2-5,13,15,19H,6-11,17H2,1H3/t15-/m1/s1. The molecule has 1 aromatic carbocycles. The van der Waals surface area contributed by atoms with Gasteiger partial charge in [-0.15, -0.1) is 0 Å². The maximum atomic E-state index is 12.4. The minimum Gasteiger partial charge on any atom is -0.508 e. The Hall–Kier alpha value is -1.59. The van der Waals surface area contributed by atoms with Crippen molar-refractivity contribution in [3.05, 3.63) is 29.8 Å². The molecule has 0 aromatic heterocycles. The van der Waals surface area contributed by atoms with Crippen LogP contribution in [0.3, 0.4) is 0 Å². The minimum absolute atomic E-state index is 0.0129. The van der Waals surface area contributed by atoms with E-state index in [-0.39, 0.29) is 11.7 Å². The normalized spacial score (nSPS) is 17.7. The van der Waals surface area contributed by atoms with Crippen molar-refractivity contribution < 1.29 is 14.6 Å². The molecule has 5 nitrogen and oxygen atoms in total. The average Bonchev–Trinajstić information content (AvgIpc) is 2.50. The molecule has 1 heterocycles. The Balaban J connectivity index is 1.84. The first-order chi connectivity index (χ1) is 10.1. The van der Waals surface area contributed by atoms with Gasteiger partial charge >= 0.3 is 0 Å². The molecule has 2 rings (SSSR count). The number of hydrogen-bond acceptors (Lipinski definition) is 4. The highest BCUT2D eigenvalue weighted by molar-refractivity contribution is 5.82. The number of amides is 1. The van der Waals surface area contributed by atoms with Crippen molar-refractivity contribution in [3.63, 3.8) is 0 Å². The van der Waals surface area contributed by atoms with Crippen molar-refractivity contribution in [1.29, 1.82) is 0 Å². The fraction of sp³-hybridized carbons (Fsp3) is 0.562. The Bertz CT molecular complexity index is 453. The van der Waals surface area contributed by atoms with Gasteiger partial charge in [-0.2, -0.15) is 0 Å². The van der Waals surface area contributed by atoms with E-state index in [4.69, 9.17) is 10.5 Å². The molecule has 0 saturated carbocycles. The molecule has 0 unspecified atom stereocenters. The summed E-state index contributed by atoms with van der Waals surface area (Å²) in [6.45, 7) is 2.29. The zero-order chi connectivity index (χ0) is 15.2. The lowest BCUT2D eigenvalue weighted by atomic mass is 9.96. The van der Waals surface area contributed by atoms with E-state index in [1.807, 2.05) is 4.90 Å². The summed E-state index contributed by atoms with van der Waals surface area (Å²) in [6.07, 6.45) is 2.45. The van der Waals surface area contributed by atoms with Gasteiger partial charge < -0.3 is 20.5 Å². The number of nitrogens with two attached hydrogens (primary N) is 1. The monoisotopic (exact) mass is 292 g/mol. The highest BCUT2D eigenvalue weighted by Gasteiger charge is 2.26. The predicted molar refractivity (Wildman–Crippen MR) is 81.0 cm³/mol. The summed E-state index contributed by atoms with van der Waals surface area (Å²) >= 11 is 0. The molecular formula is C16H24N2O3. The number of carbonyl (C=O) groups excluding carboxylic acids is 1. The van der Waals surface area contributed by atoms with Crippen molar-refractivity contribution in [2.45, 2.75) is 25.3 Å². The highest BCUT2D eigenvalue weighted by Crippen LogP contribution is 2.18. The van der Waals surface area contributed by atoms with E-state index in [0.717, 1.165) is 38.1 Å². The van der Waals surface area contributed by atoms with Crippen molar-refractivity contribution >= 4 is 5.91 Å². The number of carbonyl (C=O) groups is 1. The Morgan fingerprint density at radius 1 is 1.38 bits per heavy atom. The number of methoxy groups -OCH3 is 1. The van der Waals surface area contributed by atoms with Crippen molar-refractivity contribution in [1.82, 2.24) is 4.90 Å². The largest absolute Gasteiger partial charge is 0.508 e. The second kappa shape index (κ2) is 7.43. The molecule has 0 aliphatic carbocycles. The zero-order valence-corrected chi connectivity index (χ0v) is 12.5. The molecule has 1 aromatic rings. The van der Waals surface area contributed by atoms with Gasteiger partial charge in [-0.3, -0.25) is 4.79 Å². The van der Waals surface area contributed by atoms with E-state index < -0.39 is 6.04 Å². The Kier molecular flexibility index (Phi) is 5.59. The number of piperidine rings is 1. The summed E-state index contributed by atoms with van der Waals surface area (Å²) in [5.41, 5.74) is 6.99. The zero-order valence-electron chi connectivity index (χ0n) is 12.5. The van der Waals surface area contributed by atoms with Crippen LogP contribution in [0.25, 0.3) is 0 Å². The third kappa shape index (κ3) is 4.44. The molecular weight excluding hydrogens is 268 g/mol. The Morgan fingerprint density at radius 3 is 2.57 bits per heavy atom. The molecule has 0 bridgehead atoms. The van der Waals surface area contributed by atoms with Gasteiger partial charge in [0.2, 0.25) is 5.91 Å². The molecule has 3 N–H and O–H groups in total. The minimum atomic E-state index is -0.520. The smallest absolute Gasteiger partial charge is 0.239 e. The second-order valence-electron chi connectivity index (χ2n) is 5.70. The number of phenolic OH excluding ortho intramolecular Hbond substituents is 1. The number of benzene rings is 1. The predicted octanol–water partition coefficient (Wildman–Crippen LogP) is 1.15. The number of hydrogen-bond donors (Lipinski definition) is 2. The molecule has 1 amide bonds. The first-order valence-electron chi connectivity index (χ1n) is 7.41. The molecule has 1 aliphatic heterocycles. The van der Waals surface area contributed by atoms with Gasteiger partial charge in [0.25, 0.3) is 0 Å². The summed E-state index contributed by atoms with van der Waals surface area (Å²) in [5, 5.41) is 9.26. The van der Waals surface area contributed by atoms with Crippen LogP contribution in [0, 0.1) is 5.92 Å². The van der Waals surface area contributed by atoms with Crippen LogP contribution in [0.5, 0.6) is 5.75 Å². The van der Waals surface area contributed by atoms with Gasteiger partial charge in [-0.05, 0) is 42.9 Å². The maximum absolute atomic E-state index is 12.4. The van der Waals surface area contributed by atoms with Gasteiger partial charge in [0.15, 0.2) is 0 Å². The molecule has 1 fully saturated rings. The topological polar surface area (TPSA) is 75.8 Å². The lowest BCUT2D eigenvalue weighted by Gasteiger charge is -2.33. The Morgan fingerprint density at radius 2 is 2.00 bits per heavy atom. The van der Waals surface area contributed by atoms with Gasteiger partial charge in [-0.1, -0.05) is 12.1 Å². The van der Waals surface area contributed by atoms with Crippen LogP contribution in [0.2, 0.25) is 0 Å². The lowest BCUT2D eigenvalue weighted by molar-refractivity contribution is -0.134. The van der Waals surface area contributed by atoms with Crippen LogP contribution in [-0.4, -0.2) is 48.8 Å². The van der Waals surface area contributed by atoms with Crippen LogP contribution in [0.4, 0.5) is 0 Å². The van der Waals surface area contributed by atoms with E-state index in [9.17, 15) is 9.90 Å². The van der Waals surface area contributed by atoms with E-state index in [1.165, 1.54) is 0 Å². The first kappa shape index (κ1) is 15.8. The number of ether oxygens (including phenoxy) is 1. The fourth-order valence-corrected chi connectivity index (χ4v) is 2.76. The van der Waals surface area contributed by atoms with E-state index in [0.29, 0.717) is 12.3 Å². The molecule has 21 heavy (non-hydrogen) atoms. The quantitative estimate of drug-likeness (QED) is 0.853. The number of aromatic hydroxyl groups is 1. The third-order valence-electron chi connectivity index (χ3n) is 4.04. The molecule has 5 heteroatoms. The number of rotatable bonds is 5. The summed E-state index contributed by atoms with van der Waals surface area (Å²) in [4.78, 5) is 14.2. The van der Waals surface area contributed by atoms with Crippen LogP contribution in [-0.2, 0) is 16.0 Å². The summed E-state index contributed by atoms with van der Waals surface area (Å²) in [7, 11) is 1.71. The number of phenols is 1. The number of likely N-dealkylation sites (tertiary alicyclic amines) is 1. The van der Waals surface area contributed by atoms with Crippen LogP contribution in [0.1, 0.15) is 18.4 Å². The van der Waals surface area contributed by atoms with Crippen LogP contribution < -0.4 is 5.73 Å². The fourth-order valence-electron chi connectivity index (χ4n) is 2.76. The molecule has 1 saturated heterocycles. The summed E-state index contributed by atoms with van der Waals surface area (Å²) < 4.78 is 5.16. The van der Waals surface area contributed by atoms with E-state index >= 15 is 0 Å². The van der Waals surface area contributed by atoms with Crippen molar-refractivity contribution in [3.8, 4) is 5.75 Å².